The summed E-state index contributed by atoms with van der Waals surface area (Å²) in [6.45, 7) is 7.04. The summed E-state index contributed by atoms with van der Waals surface area (Å²) in [5.41, 5.74) is 0. The highest BCUT2D eigenvalue weighted by Crippen LogP contribution is 2.16. The molecule has 0 aliphatic heterocycles. The van der Waals surface area contributed by atoms with Crippen molar-refractivity contribution in [1.29, 1.82) is 0 Å². The molecule has 0 heterocycles. The SMILES string of the molecule is CCCCCCCCCCCCCC(=O)OC(CO)COCC[C@@H](CCCCCCC)OC(=O)CCCCCCCCCCC. The van der Waals surface area contributed by atoms with Crippen LogP contribution in [0.25, 0.3) is 0 Å². The second-order valence-corrected chi connectivity index (χ2v) is 13.3. The van der Waals surface area contributed by atoms with Crippen molar-refractivity contribution in [2.24, 2.45) is 0 Å². The first-order valence-corrected chi connectivity index (χ1v) is 19.6. The highest BCUT2D eigenvalue weighted by Gasteiger charge is 2.17. The molecule has 0 saturated carbocycles. The van der Waals surface area contributed by atoms with E-state index in [9.17, 15) is 14.7 Å². The fraction of sp³-hybridized carbons (Fsp3) is 0.949. The van der Waals surface area contributed by atoms with Crippen molar-refractivity contribution in [3.8, 4) is 0 Å². The second kappa shape index (κ2) is 35.7. The van der Waals surface area contributed by atoms with Gasteiger partial charge in [0.25, 0.3) is 0 Å². The molecule has 0 radical (unpaired) electrons. The first-order valence-electron chi connectivity index (χ1n) is 19.6. The van der Waals surface area contributed by atoms with E-state index in [0.717, 1.165) is 51.4 Å². The Hall–Kier alpha value is -1.14. The van der Waals surface area contributed by atoms with Crippen LogP contribution < -0.4 is 0 Å². The van der Waals surface area contributed by atoms with Gasteiger partial charge in [-0.1, -0.05) is 162 Å². The first kappa shape index (κ1) is 43.9. The van der Waals surface area contributed by atoms with Gasteiger partial charge in [-0.3, -0.25) is 9.59 Å². The van der Waals surface area contributed by atoms with Gasteiger partial charge in [-0.2, -0.15) is 0 Å². The molecular formula is C39H76O6. The molecule has 6 heteroatoms. The summed E-state index contributed by atoms with van der Waals surface area (Å²) in [6.07, 6.45) is 32.1. The molecule has 0 aliphatic carbocycles. The van der Waals surface area contributed by atoms with Crippen LogP contribution in [0.2, 0.25) is 0 Å². The number of hydrogen-bond acceptors (Lipinski definition) is 6. The first-order chi connectivity index (χ1) is 22.1. The Bertz CT molecular complexity index is 625. The molecule has 1 unspecified atom stereocenters. The molecule has 1 N–H and O–H groups in total. The maximum atomic E-state index is 12.6. The number of ether oxygens (including phenoxy) is 3. The second-order valence-electron chi connectivity index (χ2n) is 13.3. The molecule has 0 amide bonds. The van der Waals surface area contributed by atoms with Crippen LogP contribution in [0.3, 0.4) is 0 Å². The molecule has 0 rings (SSSR count). The molecule has 268 valence electrons. The van der Waals surface area contributed by atoms with Gasteiger partial charge in [0, 0.05) is 19.3 Å². The minimum absolute atomic E-state index is 0.0962. The fourth-order valence-electron chi connectivity index (χ4n) is 5.79. The van der Waals surface area contributed by atoms with Crippen molar-refractivity contribution in [2.75, 3.05) is 19.8 Å². The van der Waals surface area contributed by atoms with Crippen molar-refractivity contribution >= 4 is 11.9 Å². The van der Waals surface area contributed by atoms with Crippen LogP contribution in [0, 0.1) is 0 Å². The third-order valence-corrected chi connectivity index (χ3v) is 8.79. The van der Waals surface area contributed by atoms with E-state index < -0.39 is 6.10 Å². The number of unbranched alkanes of at least 4 members (excludes halogenated alkanes) is 22. The maximum absolute atomic E-state index is 12.6. The van der Waals surface area contributed by atoms with Crippen molar-refractivity contribution < 1.29 is 28.9 Å². The predicted molar refractivity (Wildman–Crippen MR) is 189 cm³/mol. The van der Waals surface area contributed by atoms with E-state index in [-0.39, 0.29) is 31.3 Å². The molecule has 45 heavy (non-hydrogen) atoms. The zero-order valence-corrected chi connectivity index (χ0v) is 30.3. The Kier molecular flexibility index (Phi) is 34.8. The topological polar surface area (TPSA) is 82.1 Å². The molecule has 0 fully saturated rings. The molecule has 0 aliphatic rings. The van der Waals surface area contributed by atoms with E-state index in [4.69, 9.17) is 14.2 Å². The number of aliphatic hydroxyl groups is 1. The molecule has 0 saturated heterocycles. The van der Waals surface area contributed by atoms with Crippen molar-refractivity contribution in [3.05, 3.63) is 0 Å². The zero-order chi connectivity index (χ0) is 33.1. The van der Waals surface area contributed by atoms with Gasteiger partial charge in [0.2, 0.25) is 0 Å². The van der Waals surface area contributed by atoms with Crippen molar-refractivity contribution in [3.63, 3.8) is 0 Å². The Morgan fingerprint density at radius 1 is 0.467 bits per heavy atom. The molecule has 0 aromatic carbocycles. The lowest BCUT2D eigenvalue weighted by Crippen LogP contribution is -2.28. The smallest absolute Gasteiger partial charge is 0.306 e. The summed E-state index contributed by atoms with van der Waals surface area (Å²) in [6, 6.07) is 0. The fourth-order valence-corrected chi connectivity index (χ4v) is 5.79. The van der Waals surface area contributed by atoms with Crippen LogP contribution in [0.4, 0.5) is 0 Å². The van der Waals surface area contributed by atoms with Gasteiger partial charge in [-0.25, -0.2) is 0 Å². The van der Waals surface area contributed by atoms with Gasteiger partial charge in [-0.05, 0) is 25.7 Å². The van der Waals surface area contributed by atoms with Gasteiger partial charge >= 0.3 is 11.9 Å². The third kappa shape index (κ3) is 32.6. The summed E-state index contributed by atoms with van der Waals surface area (Å²) < 4.78 is 17.1. The highest BCUT2D eigenvalue weighted by molar-refractivity contribution is 5.69. The van der Waals surface area contributed by atoms with E-state index in [0.29, 0.717) is 25.9 Å². The minimum atomic E-state index is -0.646. The molecule has 2 atom stereocenters. The maximum Gasteiger partial charge on any atom is 0.306 e. The van der Waals surface area contributed by atoms with E-state index >= 15 is 0 Å². The van der Waals surface area contributed by atoms with Gasteiger partial charge in [-0.15, -0.1) is 0 Å². The normalized spacial score (nSPS) is 12.7. The molecule has 6 nitrogen and oxygen atoms in total. The molecule has 0 bridgehead atoms. The summed E-state index contributed by atoms with van der Waals surface area (Å²) in [5.74, 6) is -0.356. The number of hydrogen-bond donors (Lipinski definition) is 1. The average Bonchev–Trinajstić information content (AvgIpc) is 3.03. The van der Waals surface area contributed by atoms with E-state index in [1.165, 1.54) is 116 Å². The van der Waals surface area contributed by atoms with Crippen LogP contribution >= 0.6 is 0 Å². The number of carbonyl (C=O) groups excluding carboxylic acids is 2. The average molecular weight is 641 g/mol. The largest absolute Gasteiger partial charge is 0.462 e. The van der Waals surface area contributed by atoms with Gasteiger partial charge in [0.15, 0.2) is 0 Å². The van der Waals surface area contributed by atoms with Crippen LogP contribution in [0.15, 0.2) is 0 Å². The van der Waals surface area contributed by atoms with Gasteiger partial charge in [0.05, 0.1) is 19.8 Å². The van der Waals surface area contributed by atoms with Gasteiger partial charge < -0.3 is 19.3 Å². The summed E-state index contributed by atoms with van der Waals surface area (Å²) in [4.78, 5) is 24.8. The quantitative estimate of drug-likeness (QED) is 0.0542. The number of carbonyl (C=O) groups is 2. The zero-order valence-electron chi connectivity index (χ0n) is 30.3. The van der Waals surface area contributed by atoms with Gasteiger partial charge in [0.1, 0.15) is 12.2 Å². The molecular weight excluding hydrogens is 564 g/mol. The van der Waals surface area contributed by atoms with E-state index in [1.807, 2.05) is 0 Å². The third-order valence-electron chi connectivity index (χ3n) is 8.79. The standard InChI is InChI=1S/C39H76O6/c1-4-7-10-13-15-17-18-20-22-25-28-31-39(42)45-37(34-40)35-43-33-32-36(29-26-23-12-9-6-3)44-38(41)30-27-24-21-19-16-14-11-8-5-2/h36-37,40H,4-35H2,1-3H3/t36-,37?/m1/s1. The Labute approximate surface area is 279 Å². The molecule has 0 aromatic heterocycles. The summed E-state index contributed by atoms with van der Waals surface area (Å²) in [7, 11) is 0. The number of esters is 2. The van der Waals surface area contributed by atoms with E-state index in [1.54, 1.807) is 0 Å². The summed E-state index contributed by atoms with van der Waals surface area (Å²) >= 11 is 0. The lowest BCUT2D eigenvalue weighted by molar-refractivity contribution is -0.156. The van der Waals surface area contributed by atoms with Crippen molar-refractivity contribution in [2.45, 2.75) is 219 Å². The van der Waals surface area contributed by atoms with Crippen LogP contribution in [-0.2, 0) is 23.8 Å². The Morgan fingerprint density at radius 2 is 0.822 bits per heavy atom. The van der Waals surface area contributed by atoms with Crippen molar-refractivity contribution in [1.82, 2.24) is 0 Å². The predicted octanol–water partition coefficient (Wildman–Crippen LogP) is 11.2. The monoisotopic (exact) mass is 641 g/mol. The Morgan fingerprint density at radius 3 is 1.22 bits per heavy atom. The van der Waals surface area contributed by atoms with Crippen LogP contribution in [0.1, 0.15) is 207 Å². The van der Waals surface area contributed by atoms with E-state index in [2.05, 4.69) is 20.8 Å². The summed E-state index contributed by atoms with van der Waals surface area (Å²) in [5, 5.41) is 9.71. The minimum Gasteiger partial charge on any atom is -0.462 e. The number of aliphatic hydroxyl groups excluding tert-OH is 1. The molecule has 0 spiro atoms. The van der Waals surface area contributed by atoms with Crippen LogP contribution in [0.5, 0.6) is 0 Å². The lowest BCUT2D eigenvalue weighted by Gasteiger charge is -2.20. The highest BCUT2D eigenvalue weighted by atomic mass is 16.6. The number of rotatable bonds is 36. The lowest BCUT2D eigenvalue weighted by atomic mass is 10.1. The Balaban J connectivity index is 4.15. The van der Waals surface area contributed by atoms with Crippen LogP contribution in [-0.4, -0.2) is 49.1 Å². The molecule has 0 aromatic rings.